The smallest absolute Gasteiger partial charge is 0.230 e. The van der Waals surface area contributed by atoms with Gasteiger partial charge in [-0.25, -0.2) is 9.97 Å². The lowest BCUT2D eigenvalue weighted by Gasteiger charge is -2.12. The Labute approximate surface area is 224 Å². The molecule has 0 saturated carbocycles. The molecule has 0 bridgehead atoms. The van der Waals surface area contributed by atoms with Crippen LogP contribution in [0, 0.1) is 0 Å². The number of anilines is 1. The zero-order valence-electron chi connectivity index (χ0n) is 20.7. The molecule has 0 saturated heterocycles. The van der Waals surface area contributed by atoms with Crippen molar-refractivity contribution in [1.82, 2.24) is 15.3 Å². The number of amides is 1. The number of nitrogens with zero attached hydrogens (tertiary/aromatic N) is 2. The van der Waals surface area contributed by atoms with Crippen LogP contribution in [0.15, 0.2) is 85.2 Å². The summed E-state index contributed by atoms with van der Waals surface area (Å²) in [7, 11) is 3.13. The van der Waals surface area contributed by atoms with Crippen LogP contribution in [0.3, 0.4) is 0 Å². The highest BCUT2D eigenvalue weighted by atomic mass is 32.1. The zero-order chi connectivity index (χ0) is 26.5. The summed E-state index contributed by atoms with van der Waals surface area (Å²) in [4.78, 5) is 21.1. The Balaban J connectivity index is 1.21. The molecule has 0 aliphatic heterocycles. The lowest BCUT2D eigenvalue weighted by Crippen LogP contribution is -2.35. The summed E-state index contributed by atoms with van der Waals surface area (Å²) in [6.45, 7) is 0. The van der Waals surface area contributed by atoms with E-state index in [4.69, 9.17) is 26.4 Å². The number of carbonyl (C=O) groups is 1. The molecule has 0 fully saturated rings. The molecule has 0 radical (unpaired) electrons. The van der Waals surface area contributed by atoms with Gasteiger partial charge in [-0.05, 0) is 58.9 Å². The largest absolute Gasteiger partial charge is 0.493 e. The van der Waals surface area contributed by atoms with Gasteiger partial charge in [-0.3, -0.25) is 4.79 Å². The van der Waals surface area contributed by atoms with Crippen molar-refractivity contribution >= 4 is 50.6 Å². The Hall–Kier alpha value is -4.76. The van der Waals surface area contributed by atoms with Gasteiger partial charge in [0.15, 0.2) is 16.6 Å². The molecule has 5 rings (SSSR count). The van der Waals surface area contributed by atoms with E-state index in [-0.39, 0.29) is 17.4 Å². The molecule has 1 aromatic heterocycles. The van der Waals surface area contributed by atoms with E-state index in [1.165, 1.54) is 6.33 Å². The van der Waals surface area contributed by atoms with Gasteiger partial charge in [0, 0.05) is 11.8 Å². The molecule has 5 aromatic rings. The highest BCUT2D eigenvalue weighted by molar-refractivity contribution is 7.80. The Kier molecular flexibility index (Phi) is 7.28. The van der Waals surface area contributed by atoms with Gasteiger partial charge in [0.1, 0.15) is 12.1 Å². The molecule has 0 unspecified atom stereocenters. The standard InChI is InChI=1S/C29H24N4O4S/c1-35-25-15-23-24(16-26(25)36-2)30-17-31-28(23)37-22-11-9-21(10-12-22)32-29(38)33-27(34)14-18-7-8-19-5-3-4-6-20(19)13-18/h3-13,15-17H,14H2,1-2H3,(H2,32,33,34,38). The molecule has 190 valence electrons. The van der Waals surface area contributed by atoms with Crippen LogP contribution in [-0.2, 0) is 11.2 Å². The minimum Gasteiger partial charge on any atom is -0.493 e. The molecule has 0 spiro atoms. The number of carbonyl (C=O) groups excluding carboxylic acids is 1. The number of benzene rings is 4. The number of aromatic nitrogens is 2. The molecule has 1 amide bonds. The Morgan fingerprint density at radius 1 is 0.868 bits per heavy atom. The predicted octanol–water partition coefficient (Wildman–Crippen LogP) is 5.65. The van der Waals surface area contributed by atoms with E-state index in [0.717, 1.165) is 16.3 Å². The highest BCUT2D eigenvalue weighted by Gasteiger charge is 2.13. The molecule has 9 heteroatoms. The average molecular weight is 525 g/mol. The minimum atomic E-state index is -0.194. The summed E-state index contributed by atoms with van der Waals surface area (Å²) < 4.78 is 16.7. The van der Waals surface area contributed by atoms with Gasteiger partial charge in [0.05, 0.1) is 31.5 Å². The van der Waals surface area contributed by atoms with E-state index in [2.05, 4.69) is 20.6 Å². The van der Waals surface area contributed by atoms with Crippen molar-refractivity contribution in [2.24, 2.45) is 0 Å². The van der Waals surface area contributed by atoms with Crippen molar-refractivity contribution in [1.29, 1.82) is 0 Å². The first-order chi connectivity index (χ1) is 18.5. The third-order valence-corrected chi connectivity index (χ3v) is 6.07. The fourth-order valence-corrected chi connectivity index (χ4v) is 4.26. The lowest BCUT2D eigenvalue weighted by molar-refractivity contribution is -0.119. The van der Waals surface area contributed by atoms with Crippen LogP contribution in [-0.4, -0.2) is 35.2 Å². The Morgan fingerprint density at radius 2 is 1.61 bits per heavy atom. The third-order valence-electron chi connectivity index (χ3n) is 5.86. The zero-order valence-corrected chi connectivity index (χ0v) is 21.5. The van der Waals surface area contributed by atoms with Crippen LogP contribution in [0.5, 0.6) is 23.1 Å². The number of rotatable bonds is 7. The van der Waals surface area contributed by atoms with Crippen LogP contribution in [0.25, 0.3) is 21.7 Å². The van der Waals surface area contributed by atoms with E-state index < -0.39 is 0 Å². The van der Waals surface area contributed by atoms with Crippen LogP contribution in [0.2, 0.25) is 0 Å². The molecule has 0 atom stereocenters. The third kappa shape index (κ3) is 5.63. The number of fused-ring (bicyclic) bond motifs is 2. The molecule has 0 aliphatic carbocycles. The summed E-state index contributed by atoms with van der Waals surface area (Å²) >= 11 is 5.33. The monoisotopic (exact) mass is 524 g/mol. The highest BCUT2D eigenvalue weighted by Crippen LogP contribution is 2.35. The van der Waals surface area contributed by atoms with Gasteiger partial charge >= 0.3 is 0 Å². The number of nitrogens with one attached hydrogen (secondary N) is 2. The number of ether oxygens (including phenoxy) is 3. The number of hydrogen-bond acceptors (Lipinski definition) is 7. The molecular weight excluding hydrogens is 500 g/mol. The van der Waals surface area contributed by atoms with E-state index in [1.807, 2.05) is 42.5 Å². The van der Waals surface area contributed by atoms with Crippen LogP contribution >= 0.6 is 12.2 Å². The molecule has 4 aromatic carbocycles. The van der Waals surface area contributed by atoms with Crippen molar-refractivity contribution < 1.29 is 19.0 Å². The fourth-order valence-electron chi connectivity index (χ4n) is 4.03. The molecule has 2 N–H and O–H groups in total. The first-order valence-electron chi connectivity index (χ1n) is 11.8. The van der Waals surface area contributed by atoms with E-state index in [9.17, 15) is 4.79 Å². The minimum absolute atomic E-state index is 0.194. The topological polar surface area (TPSA) is 94.6 Å². The first kappa shape index (κ1) is 24.9. The van der Waals surface area contributed by atoms with Gasteiger partial charge < -0.3 is 24.8 Å². The summed E-state index contributed by atoms with van der Waals surface area (Å²) in [5.41, 5.74) is 2.28. The van der Waals surface area contributed by atoms with Crippen LogP contribution in [0.4, 0.5) is 5.69 Å². The Morgan fingerprint density at radius 3 is 2.37 bits per heavy atom. The predicted molar refractivity (Wildman–Crippen MR) is 151 cm³/mol. The second kappa shape index (κ2) is 11.1. The second-order valence-corrected chi connectivity index (χ2v) is 8.80. The van der Waals surface area contributed by atoms with E-state index in [0.29, 0.717) is 39.7 Å². The Bertz CT molecular complexity index is 1640. The molecular formula is C29H24N4O4S. The van der Waals surface area contributed by atoms with Crippen LogP contribution in [0.1, 0.15) is 5.56 Å². The van der Waals surface area contributed by atoms with Crippen LogP contribution < -0.4 is 24.8 Å². The maximum atomic E-state index is 12.5. The van der Waals surface area contributed by atoms with Gasteiger partial charge in [0.25, 0.3) is 0 Å². The fraction of sp³-hybridized carbons (Fsp3) is 0.103. The quantitative estimate of drug-likeness (QED) is 0.264. The van der Waals surface area contributed by atoms with Crippen molar-refractivity contribution in [3.63, 3.8) is 0 Å². The van der Waals surface area contributed by atoms with Gasteiger partial charge in [-0.1, -0.05) is 42.5 Å². The van der Waals surface area contributed by atoms with Crippen molar-refractivity contribution in [3.8, 4) is 23.1 Å². The lowest BCUT2D eigenvalue weighted by atomic mass is 10.1. The van der Waals surface area contributed by atoms with Gasteiger partial charge in [0.2, 0.25) is 11.8 Å². The second-order valence-electron chi connectivity index (χ2n) is 8.39. The molecule has 38 heavy (non-hydrogen) atoms. The maximum Gasteiger partial charge on any atom is 0.230 e. The van der Waals surface area contributed by atoms with Gasteiger partial charge in [-0.15, -0.1) is 0 Å². The summed E-state index contributed by atoms with van der Waals surface area (Å²) in [5, 5.41) is 8.88. The first-order valence-corrected chi connectivity index (χ1v) is 12.2. The molecule has 0 aliphatic rings. The van der Waals surface area contributed by atoms with E-state index >= 15 is 0 Å². The van der Waals surface area contributed by atoms with Crippen molar-refractivity contribution in [3.05, 3.63) is 90.8 Å². The summed E-state index contributed by atoms with van der Waals surface area (Å²) in [6.07, 6.45) is 1.65. The molecule has 8 nitrogen and oxygen atoms in total. The summed E-state index contributed by atoms with van der Waals surface area (Å²) in [6, 6.07) is 24.7. The normalized spacial score (nSPS) is 10.7. The van der Waals surface area contributed by atoms with Crippen molar-refractivity contribution in [2.45, 2.75) is 6.42 Å². The van der Waals surface area contributed by atoms with E-state index in [1.54, 1.807) is 50.6 Å². The number of hydrogen-bond donors (Lipinski definition) is 2. The summed E-state index contributed by atoms with van der Waals surface area (Å²) in [5.74, 6) is 1.88. The SMILES string of the molecule is COc1cc2ncnc(Oc3ccc(NC(=S)NC(=O)Cc4ccc5ccccc5c4)cc3)c2cc1OC. The number of thiocarbonyl (C=S) groups is 1. The maximum absolute atomic E-state index is 12.5. The number of methoxy groups -OCH3 is 2. The average Bonchev–Trinajstić information content (AvgIpc) is 2.93. The van der Waals surface area contributed by atoms with Crippen molar-refractivity contribution in [2.75, 3.05) is 19.5 Å². The van der Waals surface area contributed by atoms with Gasteiger partial charge in [-0.2, -0.15) is 0 Å². The molecule has 1 heterocycles.